The fourth-order valence-electron chi connectivity index (χ4n) is 2.06. The van der Waals surface area contributed by atoms with Crippen molar-refractivity contribution in [2.24, 2.45) is 0 Å². The number of pyridine rings is 1. The zero-order valence-corrected chi connectivity index (χ0v) is 13.2. The lowest BCUT2D eigenvalue weighted by molar-refractivity contribution is 0.417. The van der Waals surface area contributed by atoms with E-state index in [1.807, 2.05) is 35.9 Å². The number of imidazole rings is 1. The van der Waals surface area contributed by atoms with Gasteiger partial charge < -0.3 is 9.14 Å². The summed E-state index contributed by atoms with van der Waals surface area (Å²) in [6.45, 7) is 2.33. The predicted octanol–water partition coefficient (Wildman–Crippen LogP) is 1.60. The zero-order chi connectivity index (χ0) is 15.3. The van der Waals surface area contributed by atoms with Crippen LogP contribution in [-0.2, 0) is 16.4 Å². The van der Waals surface area contributed by atoms with E-state index in [-0.39, 0.29) is 5.75 Å². The van der Waals surface area contributed by atoms with Crippen LogP contribution in [0.5, 0.6) is 5.75 Å². The second-order valence-corrected chi connectivity index (χ2v) is 6.78. The molecule has 1 N–H and O–H groups in total. The summed E-state index contributed by atoms with van der Waals surface area (Å²) in [7, 11) is -1.56. The molecule has 6 nitrogen and oxygen atoms in total. The molecule has 0 atom stereocenters. The molecule has 2 rings (SSSR count). The Hall–Kier alpha value is -1.60. The lowest BCUT2D eigenvalue weighted by Gasteiger charge is -2.04. The maximum atomic E-state index is 11.7. The number of nitrogens with one attached hydrogen (secondary N) is 1. The summed E-state index contributed by atoms with van der Waals surface area (Å²) in [5, 5.41) is 0. The Labute approximate surface area is 125 Å². The highest BCUT2D eigenvalue weighted by Crippen LogP contribution is 2.18. The summed E-state index contributed by atoms with van der Waals surface area (Å²) in [5.41, 5.74) is 1.57. The number of ether oxygens (including phenoxy) is 1. The third-order valence-corrected chi connectivity index (χ3v) is 4.66. The zero-order valence-electron chi connectivity index (χ0n) is 12.4. The third-order valence-electron chi connectivity index (χ3n) is 3.19. The summed E-state index contributed by atoms with van der Waals surface area (Å²) >= 11 is 0. The highest BCUT2D eigenvalue weighted by molar-refractivity contribution is 7.89. The van der Waals surface area contributed by atoms with Crippen LogP contribution in [0.2, 0.25) is 0 Å². The smallest absolute Gasteiger partial charge is 0.211 e. The minimum atomic E-state index is -3.17. The Morgan fingerprint density at radius 3 is 2.95 bits per heavy atom. The SMILES string of the molecule is CCCCS(=O)(=O)NCCc1cn2cccc(OC)c2n1. The van der Waals surface area contributed by atoms with E-state index < -0.39 is 10.0 Å². The van der Waals surface area contributed by atoms with Gasteiger partial charge in [0, 0.05) is 25.4 Å². The van der Waals surface area contributed by atoms with Crippen molar-refractivity contribution in [2.45, 2.75) is 26.2 Å². The van der Waals surface area contributed by atoms with Crippen molar-refractivity contribution in [1.82, 2.24) is 14.1 Å². The maximum Gasteiger partial charge on any atom is 0.211 e. The lowest BCUT2D eigenvalue weighted by Crippen LogP contribution is -2.28. The number of methoxy groups -OCH3 is 1. The van der Waals surface area contributed by atoms with E-state index in [2.05, 4.69) is 9.71 Å². The third kappa shape index (κ3) is 4.18. The lowest BCUT2D eigenvalue weighted by atomic mass is 10.3. The van der Waals surface area contributed by atoms with Gasteiger partial charge in [0.1, 0.15) is 0 Å². The summed E-state index contributed by atoms with van der Waals surface area (Å²) in [6.07, 6.45) is 5.88. The topological polar surface area (TPSA) is 72.7 Å². The fourth-order valence-corrected chi connectivity index (χ4v) is 3.29. The molecule has 0 unspecified atom stereocenters. The van der Waals surface area contributed by atoms with Crippen LogP contribution in [0.3, 0.4) is 0 Å². The van der Waals surface area contributed by atoms with Crippen molar-refractivity contribution in [3.05, 3.63) is 30.2 Å². The molecular weight excluding hydrogens is 290 g/mol. The van der Waals surface area contributed by atoms with Crippen molar-refractivity contribution in [1.29, 1.82) is 0 Å². The number of hydrogen-bond donors (Lipinski definition) is 1. The first-order valence-corrected chi connectivity index (χ1v) is 8.69. The van der Waals surface area contributed by atoms with E-state index in [4.69, 9.17) is 4.74 Å². The summed E-state index contributed by atoms with van der Waals surface area (Å²) in [6, 6.07) is 3.73. The van der Waals surface area contributed by atoms with E-state index in [1.54, 1.807) is 7.11 Å². The van der Waals surface area contributed by atoms with Crippen molar-refractivity contribution in [3.63, 3.8) is 0 Å². The Balaban J connectivity index is 1.98. The molecular formula is C14H21N3O3S. The van der Waals surface area contributed by atoms with Gasteiger partial charge in [-0.1, -0.05) is 13.3 Å². The molecule has 0 radical (unpaired) electrons. The normalized spacial score (nSPS) is 11.9. The van der Waals surface area contributed by atoms with Crippen LogP contribution >= 0.6 is 0 Å². The molecule has 0 aliphatic heterocycles. The maximum absolute atomic E-state index is 11.7. The summed E-state index contributed by atoms with van der Waals surface area (Å²) < 4.78 is 33.1. The molecule has 0 aliphatic carbocycles. The van der Waals surface area contributed by atoms with E-state index in [0.29, 0.717) is 25.1 Å². The van der Waals surface area contributed by atoms with E-state index in [1.165, 1.54) is 0 Å². The molecule has 116 valence electrons. The first-order chi connectivity index (χ1) is 10.1. The molecule has 0 saturated heterocycles. The van der Waals surface area contributed by atoms with Crippen molar-refractivity contribution in [2.75, 3.05) is 19.4 Å². The van der Waals surface area contributed by atoms with Crippen LogP contribution in [0.15, 0.2) is 24.5 Å². The molecule has 0 amide bonds. The Bertz CT molecular complexity index is 695. The van der Waals surface area contributed by atoms with Gasteiger partial charge in [0.05, 0.1) is 18.6 Å². The van der Waals surface area contributed by atoms with Gasteiger partial charge in [0.15, 0.2) is 11.4 Å². The van der Waals surface area contributed by atoms with Crippen LogP contribution < -0.4 is 9.46 Å². The van der Waals surface area contributed by atoms with Crippen molar-refractivity contribution < 1.29 is 13.2 Å². The van der Waals surface area contributed by atoms with Gasteiger partial charge in [-0.2, -0.15) is 0 Å². The van der Waals surface area contributed by atoms with Crippen LogP contribution in [0.1, 0.15) is 25.5 Å². The average molecular weight is 311 g/mol. The standard InChI is InChI=1S/C14H21N3O3S/c1-3-4-10-21(18,19)15-8-7-12-11-17-9-5-6-13(20-2)14(17)16-12/h5-6,9,11,15H,3-4,7-8,10H2,1-2H3. The monoisotopic (exact) mass is 311 g/mol. The molecule has 21 heavy (non-hydrogen) atoms. The van der Waals surface area contributed by atoms with Crippen LogP contribution in [0.25, 0.3) is 5.65 Å². The first-order valence-electron chi connectivity index (χ1n) is 7.03. The predicted molar refractivity (Wildman–Crippen MR) is 82.1 cm³/mol. The van der Waals surface area contributed by atoms with E-state index in [0.717, 1.165) is 17.8 Å². The first kappa shape index (κ1) is 15.8. The molecule has 0 aliphatic rings. The number of hydrogen-bond acceptors (Lipinski definition) is 4. The van der Waals surface area contributed by atoms with Gasteiger partial charge in [-0.05, 0) is 18.6 Å². The van der Waals surface area contributed by atoms with Gasteiger partial charge >= 0.3 is 0 Å². The molecule has 0 fully saturated rings. The van der Waals surface area contributed by atoms with Crippen molar-refractivity contribution in [3.8, 4) is 5.75 Å². The number of unbranched alkanes of at least 4 members (excludes halogenated alkanes) is 1. The molecule has 2 aromatic heterocycles. The largest absolute Gasteiger partial charge is 0.493 e. The summed E-state index contributed by atoms with van der Waals surface area (Å²) in [4.78, 5) is 4.47. The second kappa shape index (κ2) is 6.91. The Kier molecular flexibility index (Phi) is 5.19. The van der Waals surface area contributed by atoms with E-state index in [9.17, 15) is 8.42 Å². The van der Waals surface area contributed by atoms with Gasteiger partial charge in [0.25, 0.3) is 0 Å². The van der Waals surface area contributed by atoms with Crippen LogP contribution in [0.4, 0.5) is 0 Å². The fraction of sp³-hybridized carbons (Fsp3) is 0.500. The molecule has 2 aromatic rings. The summed E-state index contributed by atoms with van der Waals surface area (Å²) in [5.74, 6) is 0.884. The van der Waals surface area contributed by atoms with Crippen LogP contribution in [0, 0.1) is 0 Å². The highest BCUT2D eigenvalue weighted by Gasteiger charge is 2.10. The Morgan fingerprint density at radius 1 is 1.43 bits per heavy atom. The molecule has 0 aromatic carbocycles. The second-order valence-electron chi connectivity index (χ2n) is 4.86. The molecule has 0 spiro atoms. The van der Waals surface area contributed by atoms with E-state index >= 15 is 0 Å². The number of sulfonamides is 1. The van der Waals surface area contributed by atoms with Crippen molar-refractivity contribution >= 4 is 15.7 Å². The molecule has 7 heteroatoms. The van der Waals surface area contributed by atoms with Gasteiger partial charge in [-0.25, -0.2) is 18.1 Å². The van der Waals surface area contributed by atoms with Gasteiger partial charge in [0.2, 0.25) is 10.0 Å². The molecule has 2 heterocycles. The molecule has 0 saturated carbocycles. The number of rotatable bonds is 8. The minimum absolute atomic E-state index is 0.183. The molecule has 0 bridgehead atoms. The Morgan fingerprint density at radius 2 is 2.24 bits per heavy atom. The number of fused-ring (bicyclic) bond motifs is 1. The average Bonchev–Trinajstić information content (AvgIpc) is 2.87. The van der Waals surface area contributed by atoms with Gasteiger partial charge in [-0.15, -0.1) is 0 Å². The quantitative estimate of drug-likeness (QED) is 0.804. The number of nitrogens with zero attached hydrogens (tertiary/aromatic N) is 2. The van der Waals surface area contributed by atoms with Crippen LogP contribution in [-0.4, -0.2) is 37.2 Å². The minimum Gasteiger partial charge on any atom is -0.493 e. The highest BCUT2D eigenvalue weighted by atomic mass is 32.2. The van der Waals surface area contributed by atoms with Gasteiger partial charge in [-0.3, -0.25) is 0 Å². The number of aromatic nitrogens is 2.